The Kier molecular flexibility index (Phi) is 6.29. The first-order valence-electron chi connectivity index (χ1n) is 7.87. The summed E-state index contributed by atoms with van der Waals surface area (Å²) in [5, 5.41) is 9.80. The van der Waals surface area contributed by atoms with Crippen LogP contribution >= 0.6 is 11.3 Å². The minimum Gasteiger partial charge on any atom is -0.494 e. The summed E-state index contributed by atoms with van der Waals surface area (Å²) in [5.41, 5.74) is -1.66. The van der Waals surface area contributed by atoms with Crippen LogP contribution in [-0.2, 0) is 9.47 Å². The lowest BCUT2D eigenvalue weighted by Gasteiger charge is -2.03. The zero-order valence-electron chi connectivity index (χ0n) is 14.7. The summed E-state index contributed by atoms with van der Waals surface area (Å²) >= 11 is 0.883. The molecule has 0 aliphatic heterocycles. The fraction of sp³-hybridized carbons (Fsp3) is 0.312. The maximum absolute atomic E-state index is 12.3. The molecule has 144 valence electrons. The lowest BCUT2D eigenvalue weighted by atomic mass is 10.1. The Morgan fingerprint density at radius 3 is 2.37 bits per heavy atom. The minimum absolute atomic E-state index is 0.0569. The fourth-order valence-electron chi connectivity index (χ4n) is 2.15. The molecule has 27 heavy (non-hydrogen) atoms. The van der Waals surface area contributed by atoms with E-state index in [1.165, 1.54) is 0 Å². The Bertz CT molecular complexity index is 1020. The highest BCUT2D eigenvalue weighted by Gasteiger charge is 2.26. The van der Waals surface area contributed by atoms with Gasteiger partial charge in [0.2, 0.25) is 5.88 Å². The van der Waals surface area contributed by atoms with Crippen LogP contribution in [0.5, 0.6) is 5.88 Å². The Balaban J connectivity index is 2.56. The zero-order valence-corrected chi connectivity index (χ0v) is 15.6. The van der Waals surface area contributed by atoms with Crippen molar-refractivity contribution in [3.05, 3.63) is 42.4 Å². The molecule has 2 aromatic rings. The summed E-state index contributed by atoms with van der Waals surface area (Å²) < 4.78 is 9.96. The summed E-state index contributed by atoms with van der Waals surface area (Å²) in [6.45, 7) is 5.11. The number of aliphatic imine (C=N–C) groups is 1. The van der Waals surface area contributed by atoms with Crippen molar-refractivity contribution in [1.29, 1.82) is 0 Å². The fourth-order valence-corrected chi connectivity index (χ4v) is 3.19. The van der Waals surface area contributed by atoms with E-state index in [2.05, 4.69) is 4.99 Å². The number of esters is 2. The molecular weight excluding hydrogens is 378 g/mol. The van der Waals surface area contributed by atoms with Gasteiger partial charge >= 0.3 is 17.6 Å². The van der Waals surface area contributed by atoms with E-state index in [-0.39, 0.29) is 34.2 Å². The molecule has 0 aromatic carbocycles. The minimum atomic E-state index is -0.876. The number of rotatable bonds is 6. The van der Waals surface area contributed by atoms with Gasteiger partial charge in [-0.1, -0.05) is 0 Å². The van der Waals surface area contributed by atoms with Gasteiger partial charge in [-0.15, -0.1) is 11.3 Å². The number of thiophene rings is 1. The van der Waals surface area contributed by atoms with Crippen molar-refractivity contribution >= 4 is 34.5 Å². The van der Waals surface area contributed by atoms with Crippen molar-refractivity contribution in [2.45, 2.75) is 20.8 Å². The van der Waals surface area contributed by atoms with E-state index < -0.39 is 29.1 Å². The number of H-pyrrole nitrogens is 2. The van der Waals surface area contributed by atoms with E-state index in [0.29, 0.717) is 5.56 Å². The lowest BCUT2D eigenvalue weighted by Crippen LogP contribution is -2.24. The van der Waals surface area contributed by atoms with Gasteiger partial charge in [0, 0.05) is 6.21 Å². The summed E-state index contributed by atoms with van der Waals surface area (Å²) in [5.74, 6) is -1.98. The van der Waals surface area contributed by atoms with Crippen LogP contribution in [0.1, 0.15) is 45.0 Å². The number of aromatic amines is 2. The van der Waals surface area contributed by atoms with Crippen LogP contribution in [-0.4, -0.2) is 46.4 Å². The van der Waals surface area contributed by atoms with Crippen LogP contribution in [0.2, 0.25) is 0 Å². The molecular formula is C16H17N3O7S. The Morgan fingerprint density at radius 2 is 1.78 bits per heavy atom. The van der Waals surface area contributed by atoms with Crippen LogP contribution in [0, 0.1) is 6.92 Å². The zero-order chi connectivity index (χ0) is 20.1. The van der Waals surface area contributed by atoms with E-state index in [1.54, 1.807) is 20.8 Å². The average molecular weight is 395 g/mol. The van der Waals surface area contributed by atoms with Crippen molar-refractivity contribution in [3.8, 4) is 5.88 Å². The average Bonchev–Trinajstić information content (AvgIpc) is 2.91. The largest absolute Gasteiger partial charge is 0.494 e. The SMILES string of the molecule is CCOC(=O)c1sc(N=Cc2c(O)[nH]c(=O)[nH]c2=O)c(C(=O)OCC)c1C. The van der Waals surface area contributed by atoms with Crippen LogP contribution < -0.4 is 11.2 Å². The number of carbonyl (C=O) groups is 2. The van der Waals surface area contributed by atoms with Crippen LogP contribution in [0.3, 0.4) is 0 Å². The lowest BCUT2D eigenvalue weighted by molar-refractivity contribution is 0.0527. The molecule has 0 fully saturated rings. The predicted molar refractivity (Wildman–Crippen MR) is 97.6 cm³/mol. The van der Waals surface area contributed by atoms with Crippen molar-refractivity contribution in [1.82, 2.24) is 9.97 Å². The molecule has 0 spiro atoms. The van der Waals surface area contributed by atoms with Gasteiger partial charge in [0.25, 0.3) is 5.56 Å². The van der Waals surface area contributed by atoms with Gasteiger partial charge in [-0.3, -0.25) is 14.8 Å². The number of aromatic hydroxyl groups is 1. The molecule has 0 saturated heterocycles. The monoisotopic (exact) mass is 395 g/mol. The maximum Gasteiger partial charge on any atom is 0.348 e. The first-order valence-corrected chi connectivity index (χ1v) is 8.69. The molecule has 0 bridgehead atoms. The van der Waals surface area contributed by atoms with Gasteiger partial charge in [-0.05, 0) is 26.3 Å². The number of carbonyl (C=O) groups excluding carboxylic acids is 2. The van der Waals surface area contributed by atoms with Crippen molar-refractivity contribution in [2.24, 2.45) is 4.99 Å². The number of hydrogen-bond donors (Lipinski definition) is 3. The number of ether oxygens (including phenoxy) is 2. The van der Waals surface area contributed by atoms with E-state index in [9.17, 15) is 24.3 Å². The standard InChI is InChI=1S/C16H17N3O7S/c1-4-25-14(22)9-7(3)10(15(23)26-5-2)27-13(9)17-6-8-11(20)18-16(24)19-12(8)21/h6H,4-5H2,1-3H3,(H3,18,19,20,21,24). The van der Waals surface area contributed by atoms with Crippen LogP contribution in [0.25, 0.3) is 0 Å². The Labute approximate surface area is 156 Å². The summed E-state index contributed by atoms with van der Waals surface area (Å²) in [6.07, 6.45) is 0.979. The van der Waals surface area contributed by atoms with Gasteiger partial charge in [-0.25, -0.2) is 19.4 Å². The highest BCUT2D eigenvalue weighted by atomic mass is 32.1. The number of aromatic nitrogens is 2. The molecule has 10 nitrogen and oxygen atoms in total. The van der Waals surface area contributed by atoms with E-state index >= 15 is 0 Å². The topological polar surface area (TPSA) is 151 Å². The molecule has 0 unspecified atom stereocenters. The highest BCUT2D eigenvalue weighted by Crippen LogP contribution is 2.36. The van der Waals surface area contributed by atoms with E-state index in [1.807, 2.05) is 9.97 Å². The van der Waals surface area contributed by atoms with Crippen molar-refractivity contribution in [3.63, 3.8) is 0 Å². The van der Waals surface area contributed by atoms with E-state index in [0.717, 1.165) is 17.6 Å². The molecule has 0 aliphatic rings. The first-order chi connectivity index (χ1) is 12.8. The number of hydrogen-bond acceptors (Lipinski definition) is 9. The Hall–Kier alpha value is -3.21. The summed E-state index contributed by atoms with van der Waals surface area (Å²) in [7, 11) is 0. The second-order valence-electron chi connectivity index (χ2n) is 5.11. The van der Waals surface area contributed by atoms with E-state index in [4.69, 9.17) is 9.47 Å². The Morgan fingerprint density at radius 1 is 1.15 bits per heavy atom. The molecule has 2 heterocycles. The maximum atomic E-state index is 12.3. The molecule has 3 N–H and O–H groups in total. The van der Waals surface area contributed by atoms with Crippen molar-refractivity contribution in [2.75, 3.05) is 13.2 Å². The van der Waals surface area contributed by atoms with Crippen LogP contribution in [0.4, 0.5) is 5.00 Å². The second-order valence-corrected chi connectivity index (χ2v) is 6.11. The third-order valence-corrected chi connectivity index (χ3v) is 4.52. The third kappa shape index (κ3) is 4.31. The smallest absolute Gasteiger partial charge is 0.348 e. The quantitative estimate of drug-likeness (QED) is 0.492. The number of nitrogens with one attached hydrogen (secondary N) is 2. The van der Waals surface area contributed by atoms with Gasteiger partial charge in [0.15, 0.2) is 0 Å². The van der Waals surface area contributed by atoms with Crippen molar-refractivity contribution < 1.29 is 24.2 Å². The molecule has 2 rings (SSSR count). The third-order valence-electron chi connectivity index (χ3n) is 3.34. The summed E-state index contributed by atoms with van der Waals surface area (Å²) in [4.78, 5) is 55.4. The van der Waals surface area contributed by atoms with Gasteiger partial charge < -0.3 is 14.6 Å². The van der Waals surface area contributed by atoms with Gasteiger partial charge in [-0.2, -0.15) is 0 Å². The number of nitrogens with zero attached hydrogens (tertiary/aromatic N) is 1. The molecule has 0 aliphatic carbocycles. The molecule has 0 radical (unpaired) electrons. The van der Waals surface area contributed by atoms with Gasteiger partial charge in [0.1, 0.15) is 21.0 Å². The highest BCUT2D eigenvalue weighted by molar-refractivity contribution is 7.18. The molecule has 11 heteroatoms. The first kappa shape index (κ1) is 20.1. The second kappa shape index (κ2) is 8.45. The normalized spacial score (nSPS) is 10.9. The van der Waals surface area contributed by atoms with Gasteiger partial charge in [0.05, 0.1) is 13.2 Å². The molecule has 2 aromatic heterocycles. The molecule has 0 amide bonds. The molecule has 0 saturated carbocycles. The molecule has 0 atom stereocenters. The predicted octanol–water partition coefficient (Wildman–Crippen LogP) is 1.24. The van der Waals surface area contributed by atoms with Crippen LogP contribution in [0.15, 0.2) is 14.6 Å². The summed E-state index contributed by atoms with van der Waals surface area (Å²) in [6, 6.07) is 0.